The van der Waals surface area contributed by atoms with Crippen molar-refractivity contribution in [1.29, 1.82) is 0 Å². The standard InChI is InChI=1S/C25H21F2N3O2/c26-16-25(32,22-15-29(11-12-31)24-4-2-1-3-21(22)24)18-5-10-23-17(13-18)14-28-30(23)20-8-6-19(27)7-9-20/h1-10,13-15,31-32H,11-12,16H2. The number of nitrogens with zero attached hydrogens (tertiary/aromatic N) is 3. The summed E-state index contributed by atoms with van der Waals surface area (Å²) in [5, 5.41) is 26.8. The van der Waals surface area contributed by atoms with Crippen molar-refractivity contribution < 1.29 is 19.0 Å². The number of aromatic nitrogens is 3. The monoisotopic (exact) mass is 433 g/mol. The van der Waals surface area contributed by atoms with Gasteiger partial charge in [0.05, 0.1) is 24.0 Å². The van der Waals surface area contributed by atoms with Crippen molar-refractivity contribution in [3.8, 4) is 5.69 Å². The molecule has 0 radical (unpaired) electrons. The Labute approximate surface area is 182 Å². The smallest absolute Gasteiger partial charge is 0.145 e. The molecule has 2 heterocycles. The summed E-state index contributed by atoms with van der Waals surface area (Å²) >= 11 is 0. The third-order valence-electron chi connectivity index (χ3n) is 5.89. The van der Waals surface area contributed by atoms with Crippen LogP contribution in [0.5, 0.6) is 0 Å². The largest absolute Gasteiger partial charge is 0.395 e. The van der Waals surface area contributed by atoms with Gasteiger partial charge in [0, 0.05) is 34.6 Å². The Morgan fingerprint density at radius 2 is 1.75 bits per heavy atom. The highest BCUT2D eigenvalue weighted by Gasteiger charge is 2.35. The molecule has 0 fully saturated rings. The zero-order valence-electron chi connectivity index (χ0n) is 17.1. The van der Waals surface area contributed by atoms with Gasteiger partial charge >= 0.3 is 0 Å². The van der Waals surface area contributed by atoms with Gasteiger partial charge in [-0.3, -0.25) is 0 Å². The zero-order chi connectivity index (χ0) is 22.3. The van der Waals surface area contributed by atoms with Crippen molar-refractivity contribution >= 4 is 21.8 Å². The summed E-state index contributed by atoms with van der Waals surface area (Å²) in [5.74, 6) is -0.333. The summed E-state index contributed by atoms with van der Waals surface area (Å²) in [6.45, 7) is -0.745. The Morgan fingerprint density at radius 3 is 2.50 bits per heavy atom. The van der Waals surface area contributed by atoms with Crippen LogP contribution in [0.15, 0.2) is 79.1 Å². The van der Waals surface area contributed by atoms with Gasteiger partial charge in [0.25, 0.3) is 0 Å². The minimum atomic E-state index is -1.87. The SMILES string of the molecule is OCCn1cc(C(O)(CF)c2ccc3c(cnn3-c3ccc(F)cc3)c2)c2ccccc21. The van der Waals surface area contributed by atoms with E-state index in [0.717, 1.165) is 21.8 Å². The van der Waals surface area contributed by atoms with Crippen LogP contribution >= 0.6 is 0 Å². The zero-order valence-corrected chi connectivity index (χ0v) is 17.1. The summed E-state index contributed by atoms with van der Waals surface area (Å²) in [5.41, 5.74) is 1.24. The average molecular weight is 433 g/mol. The maximum absolute atomic E-state index is 14.5. The third-order valence-corrected chi connectivity index (χ3v) is 5.89. The lowest BCUT2D eigenvalue weighted by Gasteiger charge is -2.25. The highest BCUT2D eigenvalue weighted by molar-refractivity contribution is 5.86. The van der Waals surface area contributed by atoms with Crippen LogP contribution < -0.4 is 0 Å². The van der Waals surface area contributed by atoms with Crippen LogP contribution in [0.25, 0.3) is 27.5 Å². The second-order valence-electron chi connectivity index (χ2n) is 7.78. The summed E-state index contributed by atoms with van der Waals surface area (Å²) in [6.07, 6.45) is 3.34. The normalized spacial score (nSPS) is 13.6. The van der Waals surface area contributed by atoms with Crippen molar-refractivity contribution in [3.05, 3.63) is 96.1 Å². The molecule has 0 spiro atoms. The Bertz CT molecular complexity index is 1410. The summed E-state index contributed by atoms with van der Waals surface area (Å²) < 4.78 is 31.2. The Hall–Kier alpha value is -3.55. The van der Waals surface area contributed by atoms with Crippen molar-refractivity contribution in [1.82, 2.24) is 14.3 Å². The molecule has 0 aliphatic rings. The van der Waals surface area contributed by atoms with Crippen molar-refractivity contribution in [2.75, 3.05) is 13.3 Å². The second-order valence-corrected chi connectivity index (χ2v) is 7.78. The van der Waals surface area contributed by atoms with E-state index >= 15 is 0 Å². The highest BCUT2D eigenvalue weighted by Crippen LogP contribution is 2.37. The van der Waals surface area contributed by atoms with E-state index in [1.165, 1.54) is 12.1 Å². The van der Waals surface area contributed by atoms with Gasteiger partial charge in [-0.2, -0.15) is 5.10 Å². The van der Waals surface area contributed by atoms with E-state index < -0.39 is 12.3 Å². The quantitative estimate of drug-likeness (QED) is 0.419. The molecule has 32 heavy (non-hydrogen) atoms. The second kappa shape index (κ2) is 7.85. The molecule has 5 nitrogen and oxygen atoms in total. The molecule has 3 aromatic carbocycles. The van der Waals surface area contributed by atoms with Crippen LogP contribution in [0.2, 0.25) is 0 Å². The lowest BCUT2D eigenvalue weighted by molar-refractivity contribution is 0.0531. The maximum atomic E-state index is 14.5. The van der Waals surface area contributed by atoms with Crippen molar-refractivity contribution in [2.45, 2.75) is 12.1 Å². The molecule has 2 N–H and O–H groups in total. The first-order valence-electron chi connectivity index (χ1n) is 10.3. The number of hydrogen-bond acceptors (Lipinski definition) is 3. The van der Waals surface area contributed by atoms with E-state index in [1.54, 1.807) is 47.4 Å². The van der Waals surface area contributed by atoms with Gasteiger partial charge in [0.2, 0.25) is 0 Å². The van der Waals surface area contributed by atoms with Gasteiger partial charge in [0.1, 0.15) is 18.1 Å². The van der Waals surface area contributed by atoms with Crippen LogP contribution in [0, 0.1) is 5.82 Å². The minimum absolute atomic E-state index is 0.0688. The molecule has 5 aromatic rings. The molecule has 1 unspecified atom stereocenters. The predicted molar refractivity (Wildman–Crippen MR) is 119 cm³/mol. The highest BCUT2D eigenvalue weighted by atomic mass is 19.1. The number of rotatable bonds is 6. The molecule has 0 aliphatic heterocycles. The number of fused-ring (bicyclic) bond motifs is 2. The minimum Gasteiger partial charge on any atom is -0.395 e. The predicted octanol–water partition coefficient (Wildman–Crippen LogP) is 4.32. The van der Waals surface area contributed by atoms with Crippen LogP contribution in [0.4, 0.5) is 8.78 Å². The molecule has 0 amide bonds. The summed E-state index contributed by atoms with van der Waals surface area (Å²) in [6, 6.07) is 18.6. The van der Waals surface area contributed by atoms with E-state index in [4.69, 9.17) is 0 Å². The molecule has 0 saturated heterocycles. The molecule has 7 heteroatoms. The molecule has 5 rings (SSSR count). The van der Waals surface area contributed by atoms with E-state index in [1.807, 2.05) is 28.8 Å². The van der Waals surface area contributed by atoms with E-state index in [0.29, 0.717) is 23.4 Å². The summed E-state index contributed by atoms with van der Waals surface area (Å²) in [7, 11) is 0. The van der Waals surface area contributed by atoms with Crippen LogP contribution in [-0.2, 0) is 12.1 Å². The number of alkyl halides is 1. The van der Waals surface area contributed by atoms with Crippen LogP contribution in [0.3, 0.4) is 0 Å². The first kappa shape index (κ1) is 20.4. The molecular formula is C25H21F2N3O2. The third kappa shape index (κ3) is 3.18. The van der Waals surface area contributed by atoms with Gasteiger partial charge in [-0.15, -0.1) is 0 Å². The lowest BCUT2D eigenvalue weighted by Crippen LogP contribution is -2.29. The number of aliphatic hydroxyl groups is 2. The van der Waals surface area contributed by atoms with Gasteiger partial charge in [0.15, 0.2) is 0 Å². The first-order valence-corrected chi connectivity index (χ1v) is 10.3. The first-order chi connectivity index (χ1) is 15.5. The number of benzene rings is 3. The Balaban J connectivity index is 1.63. The molecule has 0 bridgehead atoms. The topological polar surface area (TPSA) is 63.2 Å². The van der Waals surface area contributed by atoms with Gasteiger partial charge in [-0.25, -0.2) is 13.5 Å². The number of aliphatic hydroxyl groups excluding tert-OH is 1. The van der Waals surface area contributed by atoms with Gasteiger partial charge in [-0.05, 0) is 48.0 Å². The fraction of sp³-hybridized carbons (Fsp3) is 0.160. The van der Waals surface area contributed by atoms with Gasteiger partial charge < -0.3 is 14.8 Å². The molecule has 2 aromatic heterocycles. The van der Waals surface area contributed by atoms with Crippen LogP contribution in [0.1, 0.15) is 11.1 Å². The number of para-hydroxylation sites is 1. The number of hydrogen-bond donors (Lipinski definition) is 2. The maximum Gasteiger partial charge on any atom is 0.145 e. The fourth-order valence-corrected chi connectivity index (χ4v) is 4.25. The van der Waals surface area contributed by atoms with Gasteiger partial charge in [-0.1, -0.05) is 24.3 Å². The fourth-order valence-electron chi connectivity index (χ4n) is 4.25. The Kier molecular flexibility index (Phi) is 5.00. The van der Waals surface area contributed by atoms with Crippen molar-refractivity contribution in [3.63, 3.8) is 0 Å². The van der Waals surface area contributed by atoms with Crippen molar-refractivity contribution in [2.24, 2.45) is 0 Å². The molecule has 0 saturated carbocycles. The molecular weight excluding hydrogens is 412 g/mol. The molecule has 1 atom stereocenters. The van der Waals surface area contributed by atoms with E-state index in [-0.39, 0.29) is 12.4 Å². The molecule has 162 valence electrons. The molecule has 0 aliphatic carbocycles. The van der Waals surface area contributed by atoms with E-state index in [2.05, 4.69) is 5.10 Å². The summed E-state index contributed by atoms with van der Waals surface area (Å²) in [4.78, 5) is 0. The average Bonchev–Trinajstić information content (AvgIpc) is 3.41. The number of halogens is 2. The van der Waals surface area contributed by atoms with E-state index in [9.17, 15) is 19.0 Å². The van der Waals surface area contributed by atoms with Crippen LogP contribution in [-0.4, -0.2) is 37.8 Å². The lowest BCUT2D eigenvalue weighted by atomic mass is 9.86. The Morgan fingerprint density at radius 1 is 0.969 bits per heavy atom.